The van der Waals surface area contributed by atoms with E-state index in [4.69, 9.17) is 14.2 Å². The van der Waals surface area contributed by atoms with Crippen LogP contribution in [-0.4, -0.2) is 48.2 Å². The number of hydrogen-bond donors (Lipinski definition) is 2. The van der Waals surface area contributed by atoms with Crippen LogP contribution >= 0.6 is 11.8 Å². The molecule has 3 aromatic rings. The first kappa shape index (κ1) is 21.1. The molecule has 1 aliphatic heterocycles. The molecule has 2 aromatic carbocycles. The van der Waals surface area contributed by atoms with Gasteiger partial charge in [-0.3, -0.25) is 4.79 Å². The second-order valence-electron chi connectivity index (χ2n) is 7.06. The predicted octanol–water partition coefficient (Wildman–Crippen LogP) is 3.97. The lowest BCUT2D eigenvalue weighted by Gasteiger charge is -2.21. The minimum atomic E-state index is -0.202. The van der Waals surface area contributed by atoms with Crippen LogP contribution in [0.15, 0.2) is 42.5 Å². The van der Waals surface area contributed by atoms with Crippen molar-refractivity contribution in [3.63, 3.8) is 0 Å². The Bertz CT molecular complexity index is 1050. The molecule has 1 aliphatic rings. The molecule has 0 spiro atoms. The van der Waals surface area contributed by atoms with Gasteiger partial charge >= 0.3 is 0 Å². The summed E-state index contributed by atoms with van der Waals surface area (Å²) in [5.74, 6) is 3.27. The maximum atomic E-state index is 12.7. The molecule has 31 heavy (non-hydrogen) atoms. The monoisotopic (exact) mass is 439 g/mol. The van der Waals surface area contributed by atoms with E-state index in [-0.39, 0.29) is 11.9 Å². The topological polar surface area (TPSA) is 85.5 Å². The Hall–Kier alpha value is -3.13. The molecule has 162 valence electrons. The van der Waals surface area contributed by atoms with Crippen LogP contribution in [0.5, 0.6) is 17.2 Å². The lowest BCUT2D eigenvalue weighted by molar-refractivity contribution is -0.117. The number of amides is 1. The first-order valence-corrected chi connectivity index (χ1v) is 11.5. The number of hydrogen-bond acceptors (Lipinski definition) is 6. The van der Waals surface area contributed by atoms with E-state index >= 15 is 0 Å². The van der Waals surface area contributed by atoms with E-state index in [0.717, 1.165) is 34.6 Å². The number of carbonyl (C=O) groups is 1. The van der Waals surface area contributed by atoms with E-state index in [1.54, 1.807) is 24.9 Å². The van der Waals surface area contributed by atoms with Gasteiger partial charge in [0.1, 0.15) is 19.0 Å². The van der Waals surface area contributed by atoms with E-state index < -0.39 is 0 Å². The Morgan fingerprint density at radius 2 is 2.16 bits per heavy atom. The number of carbonyl (C=O) groups excluding carboxylic acids is 1. The van der Waals surface area contributed by atoms with Crippen LogP contribution in [0.2, 0.25) is 0 Å². The van der Waals surface area contributed by atoms with Gasteiger partial charge in [0.15, 0.2) is 11.5 Å². The number of benzene rings is 2. The third-order valence-corrected chi connectivity index (χ3v) is 5.59. The van der Waals surface area contributed by atoms with E-state index in [2.05, 4.69) is 15.3 Å². The van der Waals surface area contributed by atoms with Crippen LogP contribution in [0.25, 0.3) is 17.1 Å². The summed E-state index contributed by atoms with van der Waals surface area (Å²) in [5, 5.41) is 3.07. The zero-order valence-corrected chi connectivity index (χ0v) is 18.3. The molecule has 8 heteroatoms. The maximum Gasteiger partial charge on any atom is 0.244 e. The first-order valence-electron chi connectivity index (χ1n) is 10.1. The number of H-pyrrole nitrogens is 1. The van der Waals surface area contributed by atoms with Crippen molar-refractivity contribution in [2.45, 2.75) is 12.5 Å². The number of rotatable bonds is 8. The van der Waals surface area contributed by atoms with Gasteiger partial charge in [0.25, 0.3) is 0 Å². The molecule has 2 N–H and O–H groups in total. The van der Waals surface area contributed by atoms with Crippen molar-refractivity contribution < 1.29 is 19.0 Å². The fraction of sp³-hybridized carbons (Fsp3) is 0.304. The van der Waals surface area contributed by atoms with Crippen molar-refractivity contribution in [3.8, 4) is 17.2 Å². The van der Waals surface area contributed by atoms with Gasteiger partial charge in [-0.15, -0.1) is 0 Å². The van der Waals surface area contributed by atoms with Crippen molar-refractivity contribution >= 4 is 34.8 Å². The number of nitrogens with zero attached hydrogens (tertiary/aromatic N) is 1. The number of ether oxygens (including phenoxy) is 3. The highest BCUT2D eigenvalue weighted by atomic mass is 32.2. The van der Waals surface area contributed by atoms with Crippen molar-refractivity contribution in [2.75, 3.05) is 32.3 Å². The molecular weight excluding hydrogens is 414 g/mol. The summed E-state index contributed by atoms with van der Waals surface area (Å²) in [6, 6.07) is 11.3. The van der Waals surface area contributed by atoms with Crippen molar-refractivity contribution in [2.24, 2.45) is 0 Å². The van der Waals surface area contributed by atoms with Crippen LogP contribution in [0.1, 0.15) is 23.9 Å². The Morgan fingerprint density at radius 1 is 1.32 bits per heavy atom. The maximum absolute atomic E-state index is 12.7. The lowest BCUT2D eigenvalue weighted by atomic mass is 10.1. The molecule has 7 nitrogen and oxygen atoms in total. The Labute approximate surface area is 185 Å². The molecule has 1 aromatic heterocycles. The summed E-state index contributed by atoms with van der Waals surface area (Å²) < 4.78 is 16.7. The summed E-state index contributed by atoms with van der Waals surface area (Å²) >= 11 is 1.74. The average Bonchev–Trinajstić information content (AvgIpc) is 3.24. The predicted molar refractivity (Wildman–Crippen MR) is 123 cm³/mol. The molecule has 0 aliphatic carbocycles. The minimum absolute atomic E-state index is 0.194. The van der Waals surface area contributed by atoms with E-state index in [0.29, 0.717) is 30.5 Å². The third-order valence-electron chi connectivity index (χ3n) is 4.94. The molecule has 0 bridgehead atoms. The second-order valence-corrected chi connectivity index (χ2v) is 8.05. The van der Waals surface area contributed by atoms with Crippen LogP contribution in [0, 0.1) is 0 Å². The summed E-state index contributed by atoms with van der Waals surface area (Å²) in [6.45, 7) is 0.971. The quantitative estimate of drug-likeness (QED) is 0.517. The first-order chi connectivity index (χ1) is 15.2. The Morgan fingerprint density at radius 3 is 2.97 bits per heavy atom. The number of thioether (sulfide) groups is 1. The van der Waals surface area contributed by atoms with E-state index in [1.165, 1.54) is 6.08 Å². The van der Waals surface area contributed by atoms with Crippen molar-refractivity contribution in [3.05, 3.63) is 53.9 Å². The number of para-hydroxylation sites is 2. The van der Waals surface area contributed by atoms with Gasteiger partial charge in [-0.1, -0.05) is 12.1 Å². The highest BCUT2D eigenvalue weighted by Crippen LogP contribution is 2.40. The summed E-state index contributed by atoms with van der Waals surface area (Å²) in [4.78, 5) is 20.7. The third kappa shape index (κ3) is 4.96. The molecule has 1 unspecified atom stereocenters. The molecule has 0 saturated carbocycles. The lowest BCUT2D eigenvalue weighted by Crippen LogP contribution is -2.28. The SMILES string of the molecule is COc1cc(/C=C/C(=O)NC(CCSC)c2nc3ccccc3[nH]2)cc2c1OCCO2. The molecule has 4 rings (SSSR count). The van der Waals surface area contributed by atoms with Gasteiger partial charge in [0, 0.05) is 6.08 Å². The van der Waals surface area contributed by atoms with Gasteiger partial charge in [-0.25, -0.2) is 4.98 Å². The highest BCUT2D eigenvalue weighted by Gasteiger charge is 2.19. The smallest absolute Gasteiger partial charge is 0.244 e. The number of methoxy groups -OCH3 is 1. The number of aromatic amines is 1. The van der Waals surface area contributed by atoms with E-state index in [9.17, 15) is 4.79 Å². The van der Waals surface area contributed by atoms with Gasteiger partial charge in [0.2, 0.25) is 11.7 Å². The van der Waals surface area contributed by atoms with Crippen LogP contribution in [0.4, 0.5) is 0 Å². The van der Waals surface area contributed by atoms with Gasteiger partial charge in [0.05, 0.1) is 24.2 Å². The Balaban J connectivity index is 1.50. The van der Waals surface area contributed by atoms with Crippen LogP contribution in [0.3, 0.4) is 0 Å². The molecular formula is C23H25N3O4S. The largest absolute Gasteiger partial charge is 0.493 e. The average molecular weight is 440 g/mol. The fourth-order valence-corrected chi connectivity index (χ4v) is 3.90. The molecule has 0 saturated heterocycles. The summed E-state index contributed by atoms with van der Waals surface area (Å²) in [5.41, 5.74) is 2.64. The van der Waals surface area contributed by atoms with Crippen LogP contribution < -0.4 is 19.5 Å². The number of aromatic nitrogens is 2. The van der Waals surface area contributed by atoms with E-state index in [1.807, 2.05) is 42.7 Å². The zero-order chi connectivity index (χ0) is 21.6. The van der Waals surface area contributed by atoms with Crippen molar-refractivity contribution in [1.82, 2.24) is 15.3 Å². The number of fused-ring (bicyclic) bond motifs is 2. The van der Waals surface area contributed by atoms with Crippen LogP contribution in [-0.2, 0) is 4.79 Å². The van der Waals surface area contributed by atoms with Crippen molar-refractivity contribution in [1.29, 1.82) is 0 Å². The summed E-state index contributed by atoms with van der Waals surface area (Å²) in [7, 11) is 1.58. The second kappa shape index (κ2) is 9.78. The molecule has 0 radical (unpaired) electrons. The Kier molecular flexibility index (Phi) is 6.66. The minimum Gasteiger partial charge on any atom is -0.493 e. The summed E-state index contributed by atoms with van der Waals surface area (Å²) in [6.07, 6.45) is 6.07. The number of imidazole rings is 1. The normalized spacial score (nSPS) is 14.0. The molecule has 1 amide bonds. The molecule has 2 heterocycles. The van der Waals surface area contributed by atoms with Gasteiger partial charge < -0.3 is 24.5 Å². The molecule has 1 atom stereocenters. The standard InChI is InChI=1S/C23H25N3O4S/c1-28-19-13-15(14-20-22(19)30-11-10-29-20)7-8-21(27)24-18(9-12-31-2)23-25-16-5-3-4-6-17(16)26-23/h3-8,13-14,18H,9-12H2,1-2H3,(H,24,27)(H,25,26)/b8-7+. The zero-order valence-electron chi connectivity index (χ0n) is 17.5. The van der Waals surface area contributed by atoms with Gasteiger partial charge in [-0.2, -0.15) is 11.8 Å². The highest BCUT2D eigenvalue weighted by molar-refractivity contribution is 7.98. The fourth-order valence-electron chi connectivity index (χ4n) is 3.43. The molecule has 0 fully saturated rings. The van der Waals surface area contributed by atoms with Gasteiger partial charge in [-0.05, 0) is 54.3 Å². The number of nitrogens with one attached hydrogen (secondary N) is 2.